The summed E-state index contributed by atoms with van der Waals surface area (Å²) in [6.07, 6.45) is 12.2. The number of allylic oxidation sites excluding steroid dienone is 4. The third kappa shape index (κ3) is 5.71. The third-order valence-corrected chi connectivity index (χ3v) is 5.91. The molecule has 1 aliphatic heterocycles. The summed E-state index contributed by atoms with van der Waals surface area (Å²) in [6, 6.07) is 2.39. The minimum atomic E-state index is 0.0734. The molecular weight excluding hydrogens is 356 g/mol. The highest BCUT2D eigenvalue weighted by Gasteiger charge is 2.28. The lowest BCUT2D eigenvalue weighted by Gasteiger charge is -2.39. The third-order valence-electron chi connectivity index (χ3n) is 4.68. The number of amides is 1. The Morgan fingerprint density at radius 3 is 2.74 bits per heavy atom. The molecule has 6 heteroatoms. The predicted octanol–water partition coefficient (Wildman–Crippen LogP) is 4.22. The number of nitrogens with zero attached hydrogens (tertiary/aromatic N) is 4. The summed E-state index contributed by atoms with van der Waals surface area (Å²) in [4.78, 5) is 15.7. The molecule has 2 atom stereocenters. The number of piperazine rings is 1. The molecule has 2 heterocycles. The Bertz CT molecular complexity index is 708. The quantitative estimate of drug-likeness (QED) is 0.290. The molecule has 0 bridgehead atoms. The summed E-state index contributed by atoms with van der Waals surface area (Å²) in [6.45, 7) is 16.1. The van der Waals surface area contributed by atoms with Gasteiger partial charge in [-0.25, -0.2) is 4.31 Å². The van der Waals surface area contributed by atoms with Crippen molar-refractivity contribution >= 4 is 17.9 Å². The van der Waals surface area contributed by atoms with Crippen LogP contribution in [0, 0.1) is 0 Å². The standard InChI is InChI=1S/C21H30N4OS/c1-6-19(7-2)21(26)23-14-15-25(17(4)16-23)27-18(5)10-11-20(8-3)24-13-9-12-22-24/h6-10,12-13,17,20H,1,3,11,14-16H2,2,4-5H3/b18-10+,19-7+. The first-order valence-electron chi connectivity index (χ1n) is 9.31. The van der Waals surface area contributed by atoms with Crippen molar-refractivity contribution in [1.29, 1.82) is 0 Å². The number of hydrogen-bond acceptors (Lipinski definition) is 4. The van der Waals surface area contributed by atoms with Crippen LogP contribution in [-0.4, -0.2) is 50.6 Å². The first-order chi connectivity index (χ1) is 13.0. The van der Waals surface area contributed by atoms with Gasteiger partial charge < -0.3 is 4.90 Å². The zero-order valence-electron chi connectivity index (χ0n) is 16.5. The lowest BCUT2D eigenvalue weighted by molar-refractivity contribution is -0.128. The number of rotatable bonds is 8. The van der Waals surface area contributed by atoms with Gasteiger partial charge in [-0.05, 0) is 50.1 Å². The highest BCUT2D eigenvalue weighted by Crippen LogP contribution is 2.27. The van der Waals surface area contributed by atoms with Crippen LogP contribution in [0.3, 0.4) is 0 Å². The predicted molar refractivity (Wildman–Crippen MR) is 114 cm³/mol. The van der Waals surface area contributed by atoms with Crippen LogP contribution in [-0.2, 0) is 4.79 Å². The summed E-state index contributed by atoms with van der Waals surface area (Å²) < 4.78 is 4.28. The van der Waals surface area contributed by atoms with Gasteiger partial charge in [0.2, 0.25) is 0 Å². The van der Waals surface area contributed by atoms with E-state index in [9.17, 15) is 4.79 Å². The maximum atomic E-state index is 12.5. The van der Waals surface area contributed by atoms with Crippen molar-refractivity contribution < 1.29 is 4.79 Å². The number of carbonyl (C=O) groups is 1. The fraction of sp³-hybridized carbons (Fsp3) is 0.429. The van der Waals surface area contributed by atoms with E-state index in [1.165, 1.54) is 4.91 Å². The summed E-state index contributed by atoms with van der Waals surface area (Å²) >= 11 is 1.77. The molecule has 2 rings (SSSR count). The Labute approximate surface area is 167 Å². The topological polar surface area (TPSA) is 41.4 Å². The number of hydrogen-bond donors (Lipinski definition) is 0. The minimum absolute atomic E-state index is 0.0734. The fourth-order valence-electron chi connectivity index (χ4n) is 3.07. The van der Waals surface area contributed by atoms with Gasteiger partial charge in [0.1, 0.15) is 0 Å². The second-order valence-corrected chi connectivity index (χ2v) is 7.92. The van der Waals surface area contributed by atoms with Crippen LogP contribution in [0.2, 0.25) is 0 Å². The summed E-state index contributed by atoms with van der Waals surface area (Å²) in [5.41, 5.74) is 0.675. The fourth-order valence-corrected chi connectivity index (χ4v) is 4.03. The van der Waals surface area contributed by atoms with Gasteiger partial charge in [0.05, 0.1) is 6.04 Å². The van der Waals surface area contributed by atoms with Gasteiger partial charge in [0.15, 0.2) is 0 Å². The average molecular weight is 387 g/mol. The van der Waals surface area contributed by atoms with E-state index < -0.39 is 0 Å². The highest BCUT2D eigenvalue weighted by molar-refractivity contribution is 8.00. The van der Waals surface area contributed by atoms with Crippen molar-refractivity contribution in [2.45, 2.75) is 39.3 Å². The first kappa shape index (κ1) is 21.3. The van der Waals surface area contributed by atoms with Crippen LogP contribution < -0.4 is 0 Å². The van der Waals surface area contributed by atoms with Gasteiger partial charge >= 0.3 is 0 Å². The molecule has 1 aromatic heterocycles. The van der Waals surface area contributed by atoms with Crippen molar-refractivity contribution in [1.82, 2.24) is 19.0 Å². The monoisotopic (exact) mass is 386 g/mol. The second-order valence-electron chi connectivity index (χ2n) is 6.62. The molecule has 1 aromatic rings. The second kappa shape index (κ2) is 10.3. The summed E-state index contributed by atoms with van der Waals surface area (Å²) in [7, 11) is 0. The maximum absolute atomic E-state index is 12.5. The molecule has 1 saturated heterocycles. The molecule has 5 nitrogen and oxygen atoms in total. The Kier molecular flexibility index (Phi) is 8.13. The van der Waals surface area contributed by atoms with Gasteiger partial charge in [0, 0.05) is 43.6 Å². The number of aromatic nitrogens is 2. The van der Waals surface area contributed by atoms with E-state index in [0.29, 0.717) is 11.6 Å². The molecule has 0 saturated carbocycles. The van der Waals surface area contributed by atoms with E-state index in [4.69, 9.17) is 0 Å². The van der Waals surface area contributed by atoms with Crippen LogP contribution in [0.4, 0.5) is 0 Å². The van der Waals surface area contributed by atoms with E-state index in [1.807, 2.05) is 40.9 Å². The largest absolute Gasteiger partial charge is 0.336 e. The van der Waals surface area contributed by atoms with Crippen LogP contribution in [0.25, 0.3) is 0 Å². The van der Waals surface area contributed by atoms with Gasteiger partial charge in [-0.3, -0.25) is 9.48 Å². The van der Waals surface area contributed by atoms with E-state index in [0.717, 1.165) is 26.1 Å². The molecule has 0 radical (unpaired) electrons. The van der Waals surface area contributed by atoms with Crippen LogP contribution in [0.1, 0.15) is 33.2 Å². The maximum Gasteiger partial charge on any atom is 0.253 e. The van der Waals surface area contributed by atoms with Gasteiger partial charge in [0.25, 0.3) is 5.91 Å². The average Bonchev–Trinajstić information content (AvgIpc) is 3.19. The highest BCUT2D eigenvalue weighted by atomic mass is 32.2. The minimum Gasteiger partial charge on any atom is -0.336 e. The zero-order chi connectivity index (χ0) is 19.8. The Morgan fingerprint density at radius 1 is 1.41 bits per heavy atom. The van der Waals surface area contributed by atoms with E-state index in [-0.39, 0.29) is 11.9 Å². The van der Waals surface area contributed by atoms with Crippen LogP contribution in [0.5, 0.6) is 0 Å². The summed E-state index contributed by atoms with van der Waals surface area (Å²) in [5.74, 6) is 0.0734. The summed E-state index contributed by atoms with van der Waals surface area (Å²) in [5, 5.41) is 4.30. The van der Waals surface area contributed by atoms with E-state index in [2.05, 4.69) is 42.5 Å². The smallest absolute Gasteiger partial charge is 0.253 e. The van der Waals surface area contributed by atoms with Crippen molar-refractivity contribution in [3.63, 3.8) is 0 Å². The molecule has 0 aliphatic carbocycles. The van der Waals surface area contributed by atoms with Crippen molar-refractivity contribution in [3.05, 3.63) is 66.4 Å². The van der Waals surface area contributed by atoms with Crippen molar-refractivity contribution in [2.75, 3.05) is 19.6 Å². The van der Waals surface area contributed by atoms with Crippen molar-refractivity contribution in [2.24, 2.45) is 0 Å². The molecule has 1 aliphatic rings. The van der Waals surface area contributed by atoms with Gasteiger partial charge in [-0.2, -0.15) is 5.10 Å². The van der Waals surface area contributed by atoms with Crippen molar-refractivity contribution in [3.8, 4) is 0 Å². The Balaban J connectivity index is 1.90. The van der Waals surface area contributed by atoms with Gasteiger partial charge in [-0.15, -0.1) is 6.58 Å². The molecule has 0 aromatic carbocycles. The Morgan fingerprint density at radius 2 is 2.19 bits per heavy atom. The van der Waals surface area contributed by atoms with Crippen LogP contribution in [0.15, 0.2) is 66.4 Å². The first-order valence-corrected chi connectivity index (χ1v) is 10.1. The molecule has 1 amide bonds. The lowest BCUT2D eigenvalue weighted by atomic mass is 10.1. The molecular formula is C21H30N4OS. The normalized spacial score (nSPS) is 20.4. The molecule has 0 spiro atoms. The molecule has 2 unspecified atom stereocenters. The molecule has 146 valence electrons. The molecule has 1 fully saturated rings. The molecule has 27 heavy (non-hydrogen) atoms. The Hall–Kier alpha value is -2.05. The van der Waals surface area contributed by atoms with Gasteiger partial charge in [-0.1, -0.05) is 30.9 Å². The SMILES string of the molecule is C=C/C(=C\C)C(=O)N1CCN(S/C(C)=C/CC(C=C)n2cccn2)C(C)C1. The van der Waals surface area contributed by atoms with E-state index >= 15 is 0 Å². The lowest BCUT2D eigenvalue weighted by Crippen LogP contribution is -2.51. The number of carbonyl (C=O) groups excluding carboxylic acids is 1. The van der Waals surface area contributed by atoms with Crippen LogP contribution >= 0.6 is 11.9 Å². The van der Waals surface area contributed by atoms with E-state index in [1.54, 1.807) is 24.2 Å². The zero-order valence-corrected chi connectivity index (χ0v) is 17.4. The molecule has 0 N–H and O–H groups in total.